The number of ether oxygens (including phenoxy) is 2. The van der Waals surface area contributed by atoms with Crippen LogP contribution in [0.3, 0.4) is 0 Å². The summed E-state index contributed by atoms with van der Waals surface area (Å²) < 4.78 is 51.4. The van der Waals surface area contributed by atoms with Gasteiger partial charge in [-0.15, -0.1) is 0 Å². The summed E-state index contributed by atoms with van der Waals surface area (Å²) in [4.78, 5) is 11.5. The molecule has 0 amide bonds. The van der Waals surface area contributed by atoms with E-state index < -0.39 is 23.9 Å². The number of aliphatic carboxylic acids is 1. The molecular weight excluding hydrogens is 361 g/mol. The quantitative estimate of drug-likeness (QED) is 0.632. The summed E-state index contributed by atoms with van der Waals surface area (Å²) in [5.74, 6) is -0.497. The molecule has 4 nitrogen and oxygen atoms in total. The number of rotatable bonds is 8. The van der Waals surface area contributed by atoms with Crippen molar-refractivity contribution in [1.82, 2.24) is 0 Å². The van der Waals surface area contributed by atoms with Crippen LogP contribution in [0.15, 0.2) is 54.6 Å². The van der Waals surface area contributed by atoms with Crippen molar-refractivity contribution < 1.29 is 32.5 Å². The van der Waals surface area contributed by atoms with Gasteiger partial charge in [0, 0.05) is 0 Å². The maximum atomic E-state index is 13.6. The molecule has 2 aromatic rings. The van der Waals surface area contributed by atoms with Gasteiger partial charge in [-0.3, -0.25) is 0 Å². The molecule has 0 fully saturated rings. The monoisotopic (exact) mass is 382 g/mol. The highest BCUT2D eigenvalue weighted by atomic mass is 19.4. The van der Waals surface area contributed by atoms with Gasteiger partial charge in [0.2, 0.25) is 0 Å². The van der Waals surface area contributed by atoms with Crippen molar-refractivity contribution in [2.24, 2.45) is 0 Å². The first kappa shape index (κ1) is 20.8. The number of hydrogen-bond donors (Lipinski definition) is 1. The fourth-order valence-electron chi connectivity index (χ4n) is 2.65. The highest BCUT2D eigenvalue weighted by Crippen LogP contribution is 2.41. The first-order chi connectivity index (χ1) is 12.7. The zero-order valence-corrected chi connectivity index (χ0v) is 15.0. The predicted octanol–water partition coefficient (Wildman–Crippen LogP) is 5.74. The molecule has 0 aliphatic rings. The summed E-state index contributed by atoms with van der Waals surface area (Å²) in [6, 6.07) is 14.1. The predicted molar refractivity (Wildman–Crippen MR) is 93.8 cm³/mol. The van der Waals surface area contributed by atoms with E-state index in [9.17, 15) is 23.1 Å². The molecule has 2 aromatic carbocycles. The third-order valence-electron chi connectivity index (χ3n) is 4.33. The normalized spacial score (nSPS) is 13.2. The first-order valence-electron chi connectivity index (χ1n) is 8.52. The van der Waals surface area contributed by atoms with Crippen molar-refractivity contribution in [3.8, 4) is 11.5 Å². The number of carboxylic acid groups (broad SMARTS) is 1. The van der Waals surface area contributed by atoms with E-state index in [1.165, 1.54) is 38.1 Å². The topological polar surface area (TPSA) is 55.8 Å². The van der Waals surface area contributed by atoms with Crippen LogP contribution >= 0.6 is 0 Å². The van der Waals surface area contributed by atoms with E-state index in [-0.39, 0.29) is 18.4 Å². The van der Waals surface area contributed by atoms with Gasteiger partial charge in [-0.25, -0.2) is 4.79 Å². The highest BCUT2D eigenvalue weighted by Gasteiger charge is 2.49. The molecule has 0 aromatic heterocycles. The average molecular weight is 382 g/mol. The van der Waals surface area contributed by atoms with E-state index in [1.54, 1.807) is 24.3 Å². The molecule has 7 heteroatoms. The number of halogens is 3. The molecule has 0 saturated heterocycles. The molecule has 0 aliphatic heterocycles. The maximum absolute atomic E-state index is 13.6. The van der Waals surface area contributed by atoms with Crippen LogP contribution in [-0.2, 0) is 9.53 Å². The zero-order valence-electron chi connectivity index (χ0n) is 15.0. The van der Waals surface area contributed by atoms with Crippen LogP contribution in [0.25, 0.3) is 0 Å². The van der Waals surface area contributed by atoms with Gasteiger partial charge in [-0.1, -0.05) is 44.2 Å². The second-order valence-electron chi connectivity index (χ2n) is 6.03. The van der Waals surface area contributed by atoms with E-state index in [0.717, 1.165) is 0 Å². The third-order valence-corrected chi connectivity index (χ3v) is 4.33. The fraction of sp³-hybridized carbons (Fsp3) is 0.350. The Balaban J connectivity index is 2.28. The number of benzene rings is 2. The third kappa shape index (κ3) is 5.01. The lowest BCUT2D eigenvalue weighted by Gasteiger charge is -2.33. The fourth-order valence-corrected chi connectivity index (χ4v) is 2.65. The standard InChI is InChI=1S/C20H21F3O4/c1-3-19(4-2,18(24)25)27-17(20(21,22)23)14-10-12-16(13-11-14)26-15-8-6-5-7-9-15/h5-13,17H,3-4H2,1-2H3,(H,24,25). The van der Waals surface area contributed by atoms with E-state index >= 15 is 0 Å². The molecule has 0 heterocycles. The minimum Gasteiger partial charge on any atom is -0.479 e. The Kier molecular flexibility index (Phi) is 6.49. The van der Waals surface area contributed by atoms with Crippen molar-refractivity contribution in [3.05, 3.63) is 60.2 Å². The molecule has 1 N–H and O–H groups in total. The summed E-state index contributed by atoms with van der Waals surface area (Å²) in [6.07, 6.45) is -7.27. The number of carboxylic acids is 1. The molecule has 0 radical (unpaired) electrons. The van der Waals surface area contributed by atoms with Crippen LogP contribution < -0.4 is 4.74 Å². The van der Waals surface area contributed by atoms with Crippen LogP contribution in [-0.4, -0.2) is 22.9 Å². The van der Waals surface area contributed by atoms with Gasteiger partial charge in [0.15, 0.2) is 11.7 Å². The summed E-state index contributed by atoms with van der Waals surface area (Å²) in [5.41, 5.74) is -2.09. The number of alkyl halides is 3. The van der Waals surface area contributed by atoms with Crippen LogP contribution in [0.1, 0.15) is 38.4 Å². The number of carbonyl (C=O) groups is 1. The van der Waals surface area contributed by atoms with Crippen molar-refractivity contribution in [2.75, 3.05) is 0 Å². The summed E-state index contributed by atoms with van der Waals surface area (Å²) >= 11 is 0. The number of hydrogen-bond acceptors (Lipinski definition) is 3. The first-order valence-corrected chi connectivity index (χ1v) is 8.52. The van der Waals surface area contributed by atoms with Gasteiger partial charge >= 0.3 is 12.1 Å². The number of para-hydroxylation sites is 1. The highest BCUT2D eigenvalue weighted by molar-refractivity contribution is 5.77. The minimum absolute atomic E-state index is 0.0827. The molecule has 146 valence electrons. The Morgan fingerprint density at radius 3 is 1.93 bits per heavy atom. The second kappa shape index (κ2) is 8.43. The van der Waals surface area contributed by atoms with Gasteiger partial charge < -0.3 is 14.6 Å². The van der Waals surface area contributed by atoms with Gasteiger partial charge in [0.25, 0.3) is 0 Å². The molecule has 27 heavy (non-hydrogen) atoms. The Hall–Kier alpha value is -2.54. The van der Waals surface area contributed by atoms with Crippen LogP contribution in [0.2, 0.25) is 0 Å². The molecule has 0 aliphatic carbocycles. The van der Waals surface area contributed by atoms with Gasteiger partial charge in [0.1, 0.15) is 11.5 Å². The Morgan fingerprint density at radius 2 is 1.48 bits per heavy atom. The molecule has 1 unspecified atom stereocenters. The zero-order chi connectivity index (χ0) is 20.1. The second-order valence-corrected chi connectivity index (χ2v) is 6.03. The minimum atomic E-state index is -4.76. The van der Waals surface area contributed by atoms with Gasteiger partial charge in [0.05, 0.1) is 0 Å². The smallest absolute Gasteiger partial charge is 0.418 e. The molecule has 0 saturated carbocycles. The molecule has 1 atom stereocenters. The SMILES string of the molecule is CCC(CC)(OC(c1ccc(Oc2ccccc2)cc1)C(F)(F)F)C(=O)O. The van der Waals surface area contributed by atoms with Crippen LogP contribution in [0.5, 0.6) is 11.5 Å². The van der Waals surface area contributed by atoms with E-state index in [4.69, 9.17) is 9.47 Å². The van der Waals surface area contributed by atoms with Gasteiger partial charge in [-0.2, -0.15) is 13.2 Å². The summed E-state index contributed by atoms with van der Waals surface area (Å²) in [7, 11) is 0. The Morgan fingerprint density at radius 1 is 0.963 bits per heavy atom. The summed E-state index contributed by atoms with van der Waals surface area (Å²) in [5, 5.41) is 9.38. The van der Waals surface area contributed by atoms with E-state index in [1.807, 2.05) is 6.07 Å². The van der Waals surface area contributed by atoms with Gasteiger partial charge in [-0.05, 0) is 42.7 Å². The largest absolute Gasteiger partial charge is 0.479 e. The molecule has 2 rings (SSSR count). The van der Waals surface area contributed by atoms with Crippen molar-refractivity contribution >= 4 is 5.97 Å². The Bertz CT molecular complexity index is 738. The Labute approximate surface area is 155 Å². The summed E-state index contributed by atoms with van der Waals surface area (Å²) in [6.45, 7) is 2.98. The van der Waals surface area contributed by atoms with Crippen LogP contribution in [0, 0.1) is 0 Å². The van der Waals surface area contributed by atoms with E-state index in [2.05, 4.69) is 0 Å². The van der Waals surface area contributed by atoms with Crippen molar-refractivity contribution in [2.45, 2.75) is 44.6 Å². The maximum Gasteiger partial charge on any atom is 0.418 e. The lowest BCUT2D eigenvalue weighted by atomic mass is 9.96. The lowest BCUT2D eigenvalue weighted by Crippen LogP contribution is -2.44. The average Bonchev–Trinajstić information content (AvgIpc) is 2.64. The van der Waals surface area contributed by atoms with Crippen molar-refractivity contribution in [3.63, 3.8) is 0 Å². The lowest BCUT2D eigenvalue weighted by molar-refractivity contribution is -0.259. The van der Waals surface area contributed by atoms with Crippen molar-refractivity contribution in [1.29, 1.82) is 0 Å². The molecule has 0 bridgehead atoms. The molecular formula is C20H21F3O4. The van der Waals surface area contributed by atoms with Crippen LogP contribution in [0.4, 0.5) is 13.2 Å². The molecule has 0 spiro atoms. The van der Waals surface area contributed by atoms with E-state index in [0.29, 0.717) is 11.5 Å².